The third kappa shape index (κ3) is 4.88. The topological polar surface area (TPSA) is 105 Å². The van der Waals surface area contributed by atoms with Crippen LogP contribution in [-0.2, 0) is 14.3 Å². The van der Waals surface area contributed by atoms with Gasteiger partial charge in [0.15, 0.2) is 0 Å². The maximum absolute atomic E-state index is 13.1. The van der Waals surface area contributed by atoms with Crippen molar-refractivity contribution in [2.45, 2.75) is 39.0 Å². The summed E-state index contributed by atoms with van der Waals surface area (Å²) >= 11 is 1.22. The summed E-state index contributed by atoms with van der Waals surface area (Å²) in [4.78, 5) is 24.5. The van der Waals surface area contributed by atoms with Crippen molar-refractivity contribution in [3.8, 4) is 6.07 Å². The first-order valence-corrected chi connectivity index (χ1v) is 11.3. The zero-order valence-electron chi connectivity index (χ0n) is 17.1. The summed E-state index contributed by atoms with van der Waals surface area (Å²) in [6.45, 7) is 2.04. The summed E-state index contributed by atoms with van der Waals surface area (Å²) in [7, 11) is 0. The van der Waals surface area contributed by atoms with Crippen molar-refractivity contribution in [2.24, 2.45) is 17.6 Å². The lowest BCUT2D eigenvalue weighted by atomic mass is 9.71. The number of hydrogen-bond acceptors (Lipinski definition) is 6. The fourth-order valence-electron chi connectivity index (χ4n) is 4.28. The molecule has 6 nitrogen and oxygen atoms in total. The predicted octanol–water partition coefficient (Wildman–Crippen LogP) is 3.71. The van der Waals surface area contributed by atoms with E-state index in [1.54, 1.807) is 6.92 Å². The van der Waals surface area contributed by atoms with E-state index >= 15 is 0 Å². The molecule has 30 heavy (non-hydrogen) atoms. The summed E-state index contributed by atoms with van der Waals surface area (Å²) in [5.41, 5.74) is 7.85. The van der Waals surface area contributed by atoms with Crippen LogP contribution in [0.15, 0.2) is 46.5 Å². The number of carbonyl (C=O) groups is 2. The maximum Gasteiger partial charge on any atom is 0.336 e. The van der Waals surface area contributed by atoms with Crippen LogP contribution >= 0.6 is 11.8 Å². The predicted molar refractivity (Wildman–Crippen MR) is 117 cm³/mol. The van der Waals surface area contributed by atoms with E-state index in [1.165, 1.54) is 18.2 Å². The van der Waals surface area contributed by atoms with Crippen molar-refractivity contribution in [1.29, 1.82) is 5.26 Å². The highest BCUT2D eigenvalue weighted by molar-refractivity contribution is 8.03. The quantitative estimate of drug-likeness (QED) is 0.645. The maximum atomic E-state index is 13.1. The molecule has 0 unspecified atom stereocenters. The molecule has 0 bridgehead atoms. The highest BCUT2D eigenvalue weighted by atomic mass is 32.2. The number of allylic oxidation sites excluding steroid dienone is 1. The molecule has 2 aliphatic rings. The first-order chi connectivity index (χ1) is 14.6. The smallest absolute Gasteiger partial charge is 0.336 e. The molecule has 7 heteroatoms. The van der Waals surface area contributed by atoms with Crippen LogP contribution in [0.25, 0.3) is 5.70 Å². The van der Waals surface area contributed by atoms with Crippen molar-refractivity contribution in [3.05, 3.63) is 52.1 Å². The number of dihydropyridines is 1. The molecule has 0 radical (unpaired) electrons. The Balaban J connectivity index is 2.16. The molecule has 1 aliphatic carbocycles. The largest absolute Gasteiger partial charge is 0.463 e. The van der Waals surface area contributed by atoms with Gasteiger partial charge in [0, 0.05) is 5.92 Å². The van der Waals surface area contributed by atoms with Gasteiger partial charge in [-0.2, -0.15) is 5.26 Å². The number of esters is 1. The fraction of sp³-hybridized carbons (Fsp3) is 0.435. The number of ether oxygens (including phenoxy) is 1. The van der Waals surface area contributed by atoms with Crippen LogP contribution in [0.5, 0.6) is 0 Å². The lowest BCUT2D eigenvalue weighted by Crippen LogP contribution is -2.35. The minimum atomic E-state index is -0.456. The average Bonchev–Trinajstić information content (AvgIpc) is 2.77. The van der Waals surface area contributed by atoms with Gasteiger partial charge in [0.2, 0.25) is 5.91 Å². The summed E-state index contributed by atoms with van der Waals surface area (Å²) in [5, 5.41) is 13.9. The van der Waals surface area contributed by atoms with Gasteiger partial charge in [0.05, 0.1) is 40.3 Å². The number of nitriles is 1. The number of carbonyl (C=O) groups excluding carboxylic acids is 2. The summed E-state index contributed by atoms with van der Waals surface area (Å²) in [5.74, 6) is -0.978. The lowest BCUT2D eigenvalue weighted by Gasteiger charge is -2.36. The Morgan fingerprint density at radius 3 is 2.53 bits per heavy atom. The summed E-state index contributed by atoms with van der Waals surface area (Å²) < 4.78 is 5.43. The van der Waals surface area contributed by atoms with Crippen LogP contribution in [0.2, 0.25) is 0 Å². The number of hydrogen-bond donors (Lipinski definition) is 2. The number of rotatable bonds is 7. The van der Waals surface area contributed by atoms with Crippen LogP contribution in [-0.4, -0.2) is 24.2 Å². The van der Waals surface area contributed by atoms with Gasteiger partial charge in [0.1, 0.15) is 0 Å². The van der Waals surface area contributed by atoms with E-state index in [2.05, 4.69) is 11.4 Å². The van der Waals surface area contributed by atoms with E-state index in [4.69, 9.17) is 10.5 Å². The third-order valence-corrected chi connectivity index (χ3v) is 6.57. The first kappa shape index (κ1) is 22.0. The van der Waals surface area contributed by atoms with E-state index in [1.807, 2.05) is 30.3 Å². The Labute approximate surface area is 181 Å². The summed E-state index contributed by atoms with van der Waals surface area (Å²) in [6, 6.07) is 11.9. The second-order valence-electron chi connectivity index (χ2n) is 7.49. The van der Waals surface area contributed by atoms with Crippen LogP contribution in [0.4, 0.5) is 0 Å². The Hall–Kier alpha value is -2.72. The molecule has 3 rings (SSSR count). The fourth-order valence-corrected chi connectivity index (χ4v) is 5.06. The van der Waals surface area contributed by atoms with E-state index < -0.39 is 11.9 Å². The van der Waals surface area contributed by atoms with Crippen molar-refractivity contribution < 1.29 is 14.3 Å². The van der Waals surface area contributed by atoms with Crippen molar-refractivity contribution >= 4 is 29.3 Å². The van der Waals surface area contributed by atoms with Crippen LogP contribution in [0.3, 0.4) is 0 Å². The number of thioether (sulfide) groups is 1. The highest BCUT2D eigenvalue weighted by Gasteiger charge is 2.40. The molecule has 1 aliphatic heterocycles. The number of nitrogens with two attached hydrogens (primary N) is 1. The third-order valence-electron chi connectivity index (χ3n) is 5.53. The zero-order chi connectivity index (χ0) is 21.5. The minimum Gasteiger partial charge on any atom is -0.463 e. The molecule has 0 aromatic heterocycles. The molecule has 1 aromatic carbocycles. The Bertz CT molecular complexity index is 896. The Morgan fingerprint density at radius 1 is 1.23 bits per heavy atom. The molecule has 1 fully saturated rings. The monoisotopic (exact) mass is 425 g/mol. The number of amides is 1. The average molecular weight is 426 g/mol. The standard InChI is InChI=1S/C23H27N3O3S/c1-2-29-23(28)20-19(15-9-5-3-6-10-15)17(13-24)22(30-14-18(25)27)26-21(20)16-11-7-4-8-12-16/h4,7-8,11-12,15,19,26H,2-3,5-6,9-10,14H2,1H3,(H2,25,27)/t19-/m0/s1. The molecule has 0 spiro atoms. The van der Waals surface area contributed by atoms with E-state index in [0.717, 1.165) is 31.2 Å². The summed E-state index contributed by atoms with van der Waals surface area (Å²) in [6.07, 6.45) is 5.23. The van der Waals surface area contributed by atoms with Gasteiger partial charge in [-0.05, 0) is 31.2 Å². The van der Waals surface area contributed by atoms with Gasteiger partial charge in [0.25, 0.3) is 0 Å². The zero-order valence-corrected chi connectivity index (χ0v) is 18.0. The minimum absolute atomic E-state index is 0.0573. The van der Waals surface area contributed by atoms with Crippen molar-refractivity contribution in [2.75, 3.05) is 12.4 Å². The second-order valence-corrected chi connectivity index (χ2v) is 8.47. The number of primary amides is 1. The molecule has 1 aromatic rings. The van der Waals surface area contributed by atoms with Crippen LogP contribution < -0.4 is 11.1 Å². The normalized spacial score (nSPS) is 19.8. The van der Waals surface area contributed by atoms with Gasteiger partial charge >= 0.3 is 5.97 Å². The van der Waals surface area contributed by atoms with Crippen LogP contribution in [0, 0.1) is 23.2 Å². The number of nitrogens with zero attached hydrogens (tertiary/aromatic N) is 1. The Kier molecular flexibility index (Phi) is 7.58. The van der Waals surface area contributed by atoms with E-state index in [9.17, 15) is 14.9 Å². The molecule has 1 atom stereocenters. The van der Waals surface area contributed by atoms with Crippen molar-refractivity contribution in [3.63, 3.8) is 0 Å². The number of nitrogens with one attached hydrogen (secondary N) is 1. The van der Waals surface area contributed by atoms with Gasteiger partial charge < -0.3 is 15.8 Å². The molecule has 1 saturated carbocycles. The van der Waals surface area contributed by atoms with Gasteiger partial charge in [-0.3, -0.25) is 4.79 Å². The molecule has 0 saturated heterocycles. The SMILES string of the molecule is CCOC(=O)C1=C(c2ccccc2)NC(SCC(N)=O)=C(C#N)[C@@H]1C1CCCCC1. The van der Waals surface area contributed by atoms with Gasteiger partial charge in [-0.15, -0.1) is 0 Å². The number of benzene rings is 1. The van der Waals surface area contributed by atoms with Gasteiger partial charge in [-0.1, -0.05) is 61.4 Å². The first-order valence-electron chi connectivity index (χ1n) is 10.4. The van der Waals surface area contributed by atoms with Crippen molar-refractivity contribution in [1.82, 2.24) is 5.32 Å². The molecule has 1 heterocycles. The molecule has 1 amide bonds. The van der Waals surface area contributed by atoms with Crippen LogP contribution in [0.1, 0.15) is 44.6 Å². The molecular weight excluding hydrogens is 398 g/mol. The highest BCUT2D eigenvalue weighted by Crippen LogP contribution is 2.45. The Morgan fingerprint density at radius 2 is 1.93 bits per heavy atom. The second kappa shape index (κ2) is 10.4. The van der Waals surface area contributed by atoms with Gasteiger partial charge in [-0.25, -0.2) is 4.79 Å². The van der Waals surface area contributed by atoms with E-state index in [-0.39, 0.29) is 24.2 Å². The molecule has 158 valence electrons. The van der Waals surface area contributed by atoms with E-state index in [0.29, 0.717) is 21.9 Å². The lowest BCUT2D eigenvalue weighted by molar-refractivity contribution is -0.139. The molecular formula is C23H27N3O3S. The molecule has 3 N–H and O–H groups in total.